The predicted molar refractivity (Wildman–Crippen MR) is 73.5 cm³/mol. The Hall–Kier alpha value is -1.10. The number of nitrogens with one attached hydrogen (secondary N) is 1. The van der Waals surface area contributed by atoms with Crippen molar-refractivity contribution >= 4 is 0 Å². The summed E-state index contributed by atoms with van der Waals surface area (Å²) in [5.41, 5.74) is 3.76. The van der Waals surface area contributed by atoms with Crippen LogP contribution in [-0.4, -0.2) is 25.4 Å². The lowest BCUT2D eigenvalue weighted by atomic mass is 10.1. The number of hydrogen-bond acceptors (Lipinski definition) is 4. The van der Waals surface area contributed by atoms with Crippen LogP contribution in [0.2, 0.25) is 0 Å². The van der Waals surface area contributed by atoms with E-state index in [2.05, 4.69) is 5.43 Å². The molecule has 0 spiro atoms. The molecule has 4 nitrogen and oxygen atoms in total. The second-order valence-corrected chi connectivity index (χ2v) is 5.30. The Kier molecular flexibility index (Phi) is 5.59. The fourth-order valence-electron chi connectivity index (χ4n) is 1.65. The van der Waals surface area contributed by atoms with Gasteiger partial charge in [0.15, 0.2) is 0 Å². The van der Waals surface area contributed by atoms with Crippen molar-refractivity contribution in [3.8, 4) is 5.75 Å². The van der Waals surface area contributed by atoms with Gasteiger partial charge in [0.2, 0.25) is 0 Å². The van der Waals surface area contributed by atoms with Gasteiger partial charge in [-0.25, -0.2) is 0 Å². The number of hydrazine groups is 1. The molecule has 102 valence electrons. The Bertz CT molecular complexity index is 361. The van der Waals surface area contributed by atoms with Crippen LogP contribution in [-0.2, 0) is 11.2 Å². The highest BCUT2D eigenvalue weighted by Crippen LogP contribution is 2.19. The number of ether oxygens (including phenoxy) is 2. The summed E-state index contributed by atoms with van der Waals surface area (Å²) in [6, 6.07) is 8.02. The number of para-hydroxylation sites is 1. The van der Waals surface area contributed by atoms with Gasteiger partial charge in [-0.05, 0) is 38.8 Å². The van der Waals surface area contributed by atoms with E-state index in [1.165, 1.54) is 0 Å². The van der Waals surface area contributed by atoms with E-state index in [4.69, 9.17) is 15.3 Å². The maximum Gasteiger partial charge on any atom is 0.122 e. The molecule has 0 saturated carbocycles. The molecule has 0 fully saturated rings. The standard InChI is InChI=1S/C14H24N2O2/c1-14(2,3)18-10-12(16-15)9-11-7-5-6-8-13(11)17-4/h5-8,12,16H,9-10,15H2,1-4H3. The summed E-state index contributed by atoms with van der Waals surface area (Å²) in [5, 5.41) is 0. The predicted octanol–water partition coefficient (Wildman–Crippen LogP) is 1.88. The number of methoxy groups -OCH3 is 1. The maximum absolute atomic E-state index is 5.74. The summed E-state index contributed by atoms with van der Waals surface area (Å²) in [6.45, 7) is 6.66. The molecule has 4 heteroatoms. The topological polar surface area (TPSA) is 56.5 Å². The van der Waals surface area contributed by atoms with E-state index in [-0.39, 0.29) is 11.6 Å². The van der Waals surface area contributed by atoms with E-state index in [1.807, 2.05) is 45.0 Å². The third-order valence-electron chi connectivity index (χ3n) is 2.61. The molecule has 0 aliphatic carbocycles. The molecule has 1 atom stereocenters. The minimum Gasteiger partial charge on any atom is -0.496 e. The van der Waals surface area contributed by atoms with Crippen molar-refractivity contribution < 1.29 is 9.47 Å². The SMILES string of the molecule is COc1ccccc1CC(COC(C)(C)C)NN. The molecule has 0 aromatic heterocycles. The highest BCUT2D eigenvalue weighted by Gasteiger charge is 2.16. The highest BCUT2D eigenvalue weighted by atomic mass is 16.5. The first-order valence-corrected chi connectivity index (χ1v) is 6.18. The summed E-state index contributed by atoms with van der Waals surface area (Å²) in [7, 11) is 1.68. The van der Waals surface area contributed by atoms with Crippen LogP contribution in [0.3, 0.4) is 0 Å². The van der Waals surface area contributed by atoms with Gasteiger partial charge in [0.05, 0.1) is 19.3 Å². The molecule has 0 radical (unpaired) electrons. The van der Waals surface area contributed by atoms with Crippen molar-refractivity contribution in [3.63, 3.8) is 0 Å². The molecule has 0 heterocycles. The monoisotopic (exact) mass is 252 g/mol. The third-order valence-corrected chi connectivity index (χ3v) is 2.61. The summed E-state index contributed by atoms with van der Waals surface area (Å²) < 4.78 is 11.1. The molecule has 18 heavy (non-hydrogen) atoms. The third kappa shape index (κ3) is 5.04. The van der Waals surface area contributed by atoms with Crippen molar-refractivity contribution in [2.45, 2.75) is 38.8 Å². The summed E-state index contributed by atoms with van der Waals surface area (Å²) in [5.74, 6) is 6.45. The normalized spacial score (nSPS) is 13.4. The molecule has 1 rings (SSSR count). The molecule has 1 aromatic carbocycles. The largest absolute Gasteiger partial charge is 0.496 e. The quantitative estimate of drug-likeness (QED) is 0.599. The molecular weight excluding hydrogens is 228 g/mol. The Morgan fingerprint density at radius 2 is 1.94 bits per heavy atom. The van der Waals surface area contributed by atoms with E-state index in [0.717, 1.165) is 17.7 Å². The van der Waals surface area contributed by atoms with Crippen LogP contribution in [0, 0.1) is 0 Å². The Balaban J connectivity index is 2.62. The Morgan fingerprint density at radius 1 is 1.28 bits per heavy atom. The van der Waals surface area contributed by atoms with E-state index in [1.54, 1.807) is 7.11 Å². The van der Waals surface area contributed by atoms with Gasteiger partial charge in [0, 0.05) is 6.04 Å². The Labute approximate surface area is 109 Å². The maximum atomic E-state index is 5.74. The minimum atomic E-state index is -0.157. The van der Waals surface area contributed by atoms with Gasteiger partial charge in [-0.3, -0.25) is 11.3 Å². The van der Waals surface area contributed by atoms with Crippen molar-refractivity contribution in [1.29, 1.82) is 0 Å². The van der Waals surface area contributed by atoms with Gasteiger partial charge >= 0.3 is 0 Å². The molecule has 3 N–H and O–H groups in total. The zero-order valence-corrected chi connectivity index (χ0v) is 11.7. The van der Waals surface area contributed by atoms with Gasteiger partial charge in [-0.2, -0.15) is 0 Å². The fourth-order valence-corrected chi connectivity index (χ4v) is 1.65. The molecule has 0 amide bonds. The molecule has 1 unspecified atom stereocenters. The van der Waals surface area contributed by atoms with Crippen molar-refractivity contribution in [2.24, 2.45) is 5.84 Å². The van der Waals surface area contributed by atoms with Crippen molar-refractivity contribution in [1.82, 2.24) is 5.43 Å². The number of nitrogens with two attached hydrogens (primary N) is 1. The van der Waals surface area contributed by atoms with Gasteiger partial charge < -0.3 is 9.47 Å². The lowest BCUT2D eigenvalue weighted by Gasteiger charge is -2.24. The van der Waals surface area contributed by atoms with Crippen LogP contribution in [0.5, 0.6) is 5.75 Å². The average molecular weight is 252 g/mol. The molecule has 0 aliphatic rings. The smallest absolute Gasteiger partial charge is 0.122 e. The van der Waals surface area contributed by atoms with Crippen molar-refractivity contribution in [2.75, 3.05) is 13.7 Å². The van der Waals surface area contributed by atoms with Crippen LogP contribution in [0.4, 0.5) is 0 Å². The minimum absolute atomic E-state index is 0.0699. The molecule has 0 aliphatic heterocycles. The number of hydrogen-bond donors (Lipinski definition) is 2. The van der Waals surface area contributed by atoms with Gasteiger partial charge in [0.25, 0.3) is 0 Å². The van der Waals surface area contributed by atoms with Gasteiger partial charge in [-0.1, -0.05) is 18.2 Å². The second kappa shape index (κ2) is 6.73. The van der Waals surface area contributed by atoms with Crippen LogP contribution in [0.15, 0.2) is 24.3 Å². The highest BCUT2D eigenvalue weighted by molar-refractivity contribution is 5.33. The van der Waals surface area contributed by atoms with E-state index < -0.39 is 0 Å². The van der Waals surface area contributed by atoms with Crippen LogP contribution in [0.25, 0.3) is 0 Å². The number of rotatable bonds is 6. The van der Waals surface area contributed by atoms with E-state index in [9.17, 15) is 0 Å². The lowest BCUT2D eigenvalue weighted by molar-refractivity contribution is -0.0144. The molecule has 0 bridgehead atoms. The molecule has 0 saturated heterocycles. The van der Waals surface area contributed by atoms with Gasteiger partial charge in [0.1, 0.15) is 5.75 Å². The fraction of sp³-hybridized carbons (Fsp3) is 0.571. The average Bonchev–Trinajstić information content (AvgIpc) is 2.33. The molecular formula is C14H24N2O2. The van der Waals surface area contributed by atoms with Crippen molar-refractivity contribution in [3.05, 3.63) is 29.8 Å². The van der Waals surface area contributed by atoms with Crippen LogP contribution >= 0.6 is 0 Å². The van der Waals surface area contributed by atoms with Crippen LogP contribution < -0.4 is 16.0 Å². The van der Waals surface area contributed by atoms with Crippen LogP contribution in [0.1, 0.15) is 26.3 Å². The Morgan fingerprint density at radius 3 is 2.50 bits per heavy atom. The molecule has 1 aromatic rings. The first-order chi connectivity index (χ1) is 8.46. The van der Waals surface area contributed by atoms with Gasteiger partial charge in [-0.15, -0.1) is 0 Å². The first kappa shape index (κ1) is 15.0. The summed E-state index contributed by atoms with van der Waals surface area (Å²) >= 11 is 0. The van der Waals surface area contributed by atoms with E-state index >= 15 is 0 Å². The van der Waals surface area contributed by atoms with E-state index in [0.29, 0.717) is 6.61 Å². The first-order valence-electron chi connectivity index (χ1n) is 6.18. The summed E-state index contributed by atoms with van der Waals surface area (Å²) in [4.78, 5) is 0. The second-order valence-electron chi connectivity index (χ2n) is 5.30. The zero-order chi connectivity index (χ0) is 13.6. The number of benzene rings is 1. The lowest BCUT2D eigenvalue weighted by Crippen LogP contribution is -2.42. The summed E-state index contributed by atoms with van der Waals surface area (Å²) in [6.07, 6.45) is 0.774. The zero-order valence-electron chi connectivity index (χ0n) is 11.7.